The average molecular weight is 331 g/mol. The van der Waals surface area contributed by atoms with Crippen molar-refractivity contribution in [1.29, 1.82) is 0 Å². The smallest absolute Gasteiger partial charge is 0.282 e. The second kappa shape index (κ2) is 4.16. The highest BCUT2D eigenvalue weighted by atomic mass is 127. The van der Waals surface area contributed by atoms with Crippen LogP contribution in [0.1, 0.15) is 5.56 Å². The molecular weight excluding hydrogens is 325 g/mol. The van der Waals surface area contributed by atoms with Gasteiger partial charge in [0.05, 0.1) is 4.92 Å². The molecule has 0 atom stereocenters. The number of nitro benzene ring substituents is 1. The lowest BCUT2D eigenvalue weighted by Crippen LogP contribution is -1.94. The van der Waals surface area contributed by atoms with E-state index in [0.717, 1.165) is 5.56 Å². The molecule has 2 aromatic rings. The largest absolute Gasteiger partial charge is 0.333 e. The molecule has 2 rings (SSSR count). The van der Waals surface area contributed by atoms with E-state index in [1.807, 2.05) is 22.6 Å². The summed E-state index contributed by atoms with van der Waals surface area (Å²) in [6.45, 7) is 1.76. The molecule has 0 unspecified atom stereocenters. The van der Waals surface area contributed by atoms with E-state index in [1.165, 1.54) is 6.07 Å². The van der Waals surface area contributed by atoms with Crippen molar-refractivity contribution < 1.29 is 9.45 Å². The molecule has 82 valence electrons. The van der Waals surface area contributed by atoms with Crippen LogP contribution in [0.4, 0.5) is 5.69 Å². The van der Waals surface area contributed by atoms with Gasteiger partial charge in [-0.1, -0.05) is 17.3 Å². The lowest BCUT2D eigenvalue weighted by atomic mass is 10.1. The molecule has 0 radical (unpaired) electrons. The molecule has 7 heteroatoms. The van der Waals surface area contributed by atoms with Crippen LogP contribution in [-0.4, -0.2) is 15.1 Å². The lowest BCUT2D eigenvalue weighted by Gasteiger charge is -2.00. The quantitative estimate of drug-likeness (QED) is 0.480. The first-order valence-electron chi connectivity index (χ1n) is 4.33. The van der Waals surface area contributed by atoms with Crippen molar-refractivity contribution >= 4 is 28.3 Å². The van der Waals surface area contributed by atoms with E-state index < -0.39 is 4.92 Å². The van der Waals surface area contributed by atoms with Crippen LogP contribution >= 0.6 is 22.6 Å². The first-order valence-corrected chi connectivity index (χ1v) is 5.41. The van der Waals surface area contributed by atoms with E-state index in [-0.39, 0.29) is 11.6 Å². The van der Waals surface area contributed by atoms with Crippen LogP contribution in [0, 0.1) is 20.9 Å². The van der Waals surface area contributed by atoms with Crippen molar-refractivity contribution in [1.82, 2.24) is 10.1 Å². The number of nitro groups is 1. The molecule has 0 fully saturated rings. The molecule has 0 aliphatic carbocycles. The minimum atomic E-state index is -0.459. The predicted octanol–water partition coefficient (Wildman–Crippen LogP) is 2.56. The van der Waals surface area contributed by atoms with Crippen molar-refractivity contribution in [2.24, 2.45) is 0 Å². The van der Waals surface area contributed by atoms with E-state index in [4.69, 9.17) is 4.52 Å². The Bertz CT molecular complexity index is 553. The highest BCUT2D eigenvalue weighted by Crippen LogP contribution is 2.31. The van der Waals surface area contributed by atoms with E-state index >= 15 is 0 Å². The zero-order valence-electron chi connectivity index (χ0n) is 8.18. The topological polar surface area (TPSA) is 82.1 Å². The number of hydrogen-bond acceptors (Lipinski definition) is 5. The number of hydrogen-bond donors (Lipinski definition) is 0. The summed E-state index contributed by atoms with van der Waals surface area (Å²) < 4.78 is 5.37. The minimum Gasteiger partial charge on any atom is -0.333 e. The second-order valence-electron chi connectivity index (χ2n) is 3.09. The standard InChI is InChI=1S/C9H6IN3O3/c1-5-3-2-4-6(13(14)15)7(5)8-11-9(10)12-16-8/h2-4H,1H3. The predicted molar refractivity (Wildman–Crippen MR) is 63.8 cm³/mol. The van der Waals surface area contributed by atoms with Gasteiger partial charge in [0.2, 0.25) is 3.83 Å². The second-order valence-corrected chi connectivity index (χ2v) is 4.06. The van der Waals surface area contributed by atoms with Gasteiger partial charge >= 0.3 is 0 Å². The summed E-state index contributed by atoms with van der Waals surface area (Å²) in [6, 6.07) is 4.80. The van der Waals surface area contributed by atoms with Crippen molar-refractivity contribution in [3.05, 3.63) is 37.7 Å². The maximum atomic E-state index is 10.9. The number of aryl methyl sites for hydroxylation is 1. The fourth-order valence-corrected chi connectivity index (χ4v) is 1.71. The Morgan fingerprint density at radius 1 is 1.50 bits per heavy atom. The van der Waals surface area contributed by atoms with Crippen LogP contribution in [0.15, 0.2) is 22.7 Å². The zero-order valence-corrected chi connectivity index (χ0v) is 10.3. The van der Waals surface area contributed by atoms with Gasteiger partial charge in [-0.05, 0) is 12.5 Å². The summed E-state index contributed by atoms with van der Waals surface area (Å²) in [5.74, 6) is 0.175. The first kappa shape index (κ1) is 11.0. The summed E-state index contributed by atoms with van der Waals surface area (Å²) >= 11 is 1.88. The molecule has 0 aliphatic heterocycles. The third-order valence-electron chi connectivity index (χ3n) is 2.06. The van der Waals surface area contributed by atoms with Crippen LogP contribution < -0.4 is 0 Å². The van der Waals surface area contributed by atoms with Gasteiger partial charge in [-0.15, -0.1) is 0 Å². The Morgan fingerprint density at radius 3 is 2.81 bits per heavy atom. The van der Waals surface area contributed by atoms with Gasteiger partial charge in [0.25, 0.3) is 11.6 Å². The highest BCUT2D eigenvalue weighted by Gasteiger charge is 2.21. The zero-order chi connectivity index (χ0) is 11.7. The molecular formula is C9H6IN3O3. The van der Waals surface area contributed by atoms with Crippen molar-refractivity contribution in [2.45, 2.75) is 6.92 Å². The van der Waals surface area contributed by atoms with Crippen molar-refractivity contribution in [2.75, 3.05) is 0 Å². The third kappa shape index (κ3) is 1.90. The van der Waals surface area contributed by atoms with E-state index in [2.05, 4.69) is 10.1 Å². The minimum absolute atomic E-state index is 0.0277. The summed E-state index contributed by atoms with van der Waals surface area (Å²) in [5.41, 5.74) is 1.08. The van der Waals surface area contributed by atoms with E-state index in [9.17, 15) is 10.1 Å². The van der Waals surface area contributed by atoms with E-state index in [0.29, 0.717) is 9.39 Å². The number of benzene rings is 1. The van der Waals surface area contributed by atoms with Crippen LogP contribution in [0.5, 0.6) is 0 Å². The SMILES string of the molecule is Cc1cccc([N+](=O)[O-])c1-c1nc(I)no1. The van der Waals surface area contributed by atoms with Gasteiger partial charge in [-0.2, -0.15) is 4.98 Å². The molecule has 0 spiro atoms. The maximum absolute atomic E-state index is 10.9. The summed E-state index contributed by atoms with van der Waals surface area (Å²) in [5, 5.41) is 14.5. The fraction of sp³-hybridized carbons (Fsp3) is 0.111. The van der Waals surface area contributed by atoms with Gasteiger partial charge in [-0.3, -0.25) is 10.1 Å². The summed E-state index contributed by atoms with van der Waals surface area (Å²) in [4.78, 5) is 14.4. The Balaban J connectivity index is 2.67. The first-order chi connectivity index (χ1) is 7.59. The molecule has 0 N–H and O–H groups in total. The number of nitrogens with zero attached hydrogens (tertiary/aromatic N) is 3. The Labute approximate surface area is 104 Å². The molecule has 0 bridgehead atoms. The summed E-state index contributed by atoms with van der Waals surface area (Å²) in [7, 11) is 0. The van der Waals surface area contributed by atoms with Crippen LogP contribution in [0.2, 0.25) is 0 Å². The van der Waals surface area contributed by atoms with Gasteiger partial charge in [0, 0.05) is 28.7 Å². The fourth-order valence-electron chi connectivity index (χ4n) is 1.39. The normalized spacial score (nSPS) is 10.4. The molecule has 0 saturated carbocycles. The number of halogens is 1. The molecule has 6 nitrogen and oxygen atoms in total. The van der Waals surface area contributed by atoms with Crippen molar-refractivity contribution in [3.63, 3.8) is 0 Å². The molecule has 1 aromatic heterocycles. The Kier molecular flexibility index (Phi) is 2.86. The average Bonchev–Trinajstić information content (AvgIpc) is 2.64. The maximum Gasteiger partial charge on any atom is 0.282 e. The number of rotatable bonds is 2. The van der Waals surface area contributed by atoms with Crippen LogP contribution in [0.3, 0.4) is 0 Å². The monoisotopic (exact) mass is 331 g/mol. The summed E-state index contributed by atoms with van der Waals surface area (Å²) in [6.07, 6.45) is 0. The van der Waals surface area contributed by atoms with Gasteiger partial charge < -0.3 is 4.52 Å². The van der Waals surface area contributed by atoms with E-state index in [1.54, 1.807) is 19.1 Å². The third-order valence-corrected chi connectivity index (χ3v) is 2.50. The number of aromatic nitrogens is 2. The Hall–Kier alpha value is -1.51. The lowest BCUT2D eigenvalue weighted by molar-refractivity contribution is -0.384. The van der Waals surface area contributed by atoms with Gasteiger partial charge in [-0.25, -0.2) is 0 Å². The van der Waals surface area contributed by atoms with Gasteiger partial charge in [0.15, 0.2) is 0 Å². The molecule has 1 aromatic carbocycles. The Morgan fingerprint density at radius 2 is 2.25 bits per heavy atom. The van der Waals surface area contributed by atoms with Crippen molar-refractivity contribution in [3.8, 4) is 11.5 Å². The van der Waals surface area contributed by atoms with Crippen LogP contribution in [0.25, 0.3) is 11.5 Å². The highest BCUT2D eigenvalue weighted by molar-refractivity contribution is 14.1. The molecule has 0 amide bonds. The molecule has 16 heavy (non-hydrogen) atoms. The van der Waals surface area contributed by atoms with Gasteiger partial charge in [0.1, 0.15) is 5.56 Å². The molecule has 0 aliphatic rings. The molecule has 1 heterocycles. The molecule has 0 saturated heterocycles. The van der Waals surface area contributed by atoms with Crippen LogP contribution in [-0.2, 0) is 0 Å².